The van der Waals surface area contributed by atoms with Gasteiger partial charge in [-0.05, 0) is 61.6 Å². The molecule has 162 valence electrons. The van der Waals surface area contributed by atoms with Crippen molar-refractivity contribution < 1.29 is 14.9 Å². The van der Waals surface area contributed by atoms with E-state index in [-0.39, 0.29) is 12.4 Å². The quantitative estimate of drug-likeness (QED) is 0.347. The van der Waals surface area contributed by atoms with Crippen molar-refractivity contribution in [3.8, 4) is 11.5 Å². The van der Waals surface area contributed by atoms with Crippen LogP contribution in [0.25, 0.3) is 0 Å². The van der Waals surface area contributed by atoms with Crippen molar-refractivity contribution in [2.75, 3.05) is 13.2 Å². The molecular formula is C24H43NO3. The molecule has 0 saturated heterocycles. The Balaban J connectivity index is 2.28. The smallest absolute Gasteiger partial charge is 0.160 e. The summed E-state index contributed by atoms with van der Waals surface area (Å²) in [7, 11) is 0. The number of phenols is 1. The lowest BCUT2D eigenvalue weighted by molar-refractivity contribution is 0.183. The number of rotatable bonds is 15. The van der Waals surface area contributed by atoms with Crippen LogP contribution in [0.4, 0.5) is 0 Å². The second-order valence-corrected chi connectivity index (χ2v) is 8.95. The van der Waals surface area contributed by atoms with Crippen LogP contribution < -0.4 is 10.5 Å². The second kappa shape index (κ2) is 13.1. The number of nitrogens with two attached hydrogens (primary N) is 1. The zero-order valence-corrected chi connectivity index (χ0v) is 18.5. The molecule has 0 fully saturated rings. The van der Waals surface area contributed by atoms with Crippen LogP contribution in [-0.2, 0) is 6.42 Å². The van der Waals surface area contributed by atoms with E-state index in [1.165, 1.54) is 32.1 Å². The fraction of sp³-hybridized carbons (Fsp3) is 0.750. The molecule has 0 radical (unpaired) electrons. The van der Waals surface area contributed by atoms with E-state index in [4.69, 9.17) is 10.5 Å². The molecule has 4 heteroatoms. The van der Waals surface area contributed by atoms with E-state index in [1.807, 2.05) is 19.1 Å². The van der Waals surface area contributed by atoms with Gasteiger partial charge >= 0.3 is 0 Å². The monoisotopic (exact) mass is 393 g/mol. The molecule has 0 amide bonds. The van der Waals surface area contributed by atoms with Crippen LogP contribution >= 0.6 is 0 Å². The van der Waals surface area contributed by atoms with Crippen LogP contribution in [0, 0.1) is 11.8 Å². The van der Waals surface area contributed by atoms with Crippen LogP contribution in [0.5, 0.6) is 11.5 Å². The largest absolute Gasteiger partial charge is 0.504 e. The first-order valence-corrected chi connectivity index (χ1v) is 11.1. The number of ether oxygens (including phenoxy) is 1. The lowest BCUT2D eigenvalue weighted by atomic mass is 9.90. The highest BCUT2D eigenvalue weighted by atomic mass is 16.5. The van der Waals surface area contributed by atoms with Gasteiger partial charge in [-0.1, -0.05) is 59.4 Å². The maximum Gasteiger partial charge on any atom is 0.160 e. The molecule has 2 atom stereocenters. The molecule has 2 unspecified atom stereocenters. The number of phenolic OH excluding ortho intramolecular Hbond substituents is 1. The van der Waals surface area contributed by atoms with E-state index < -0.39 is 5.54 Å². The molecule has 0 saturated carbocycles. The van der Waals surface area contributed by atoms with Gasteiger partial charge < -0.3 is 20.7 Å². The average Bonchev–Trinajstić information content (AvgIpc) is 2.67. The topological polar surface area (TPSA) is 75.7 Å². The molecule has 0 spiro atoms. The molecule has 4 nitrogen and oxygen atoms in total. The van der Waals surface area contributed by atoms with E-state index >= 15 is 0 Å². The van der Waals surface area contributed by atoms with Gasteiger partial charge in [-0.15, -0.1) is 0 Å². The van der Waals surface area contributed by atoms with Gasteiger partial charge in [0.15, 0.2) is 11.5 Å². The first-order valence-electron chi connectivity index (χ1n) is 11.1. The van der Waals surface area contributed by atoms with Crippen molar-refractivity contribution in [2.24, 2.45) is 17.6 Å². The summed E-state index contributed by atoms with van der Waals surface area (Å²) in [5.41, 5.74) is 6.60. The van der Waals surface area contributed by atoms with Gasteiger partial charge in [0.25, 0.3) is 0 Å². The highest BCUT2D eigenvalue weighted by Gasteiger charge is 2.21. The number of aliphatic hydroxyl groups excluding tert-OH is 1. The van der Waals surface area contributed by atoms with E-state index in [2.05, 4.69) is 20.8 Å². The Morgan fingerprint density at radius 1 is 1.07 bits per heavy atom. The first-order chi connectivity index (χ1) is 13.3. The van der Waals surface area contributed by atoms with Crippen molar-refractivity contribution in [1.29, 1.82) is 0 Å². The number of aliphatic hydroxyl groups is 1. The predicted octanol–water partition coefficient (Wildman–Crippen LogP) is 5.44. The van der Waals surface area contributed by atoms with Crippen LogP contribution in [0.3, 0.4) is 0 Å². The Kier molecular flexibility index (Phi) is 11.6. The zero-order chi connectivity index (χ0) is 21.0. The number of unbranched alkanes of at least 4 members (excludes halogenated alkanes) is 1. The van der Waals surface area contributed by atoms with Gasteiger partial charge in [-0.2, -0.15) is 0 Å². The molecule has 1 aromatic rings. The molecule has 0 aliphatic carbocycles. The number of aromatic hydroxyl groups is 1. The van der Waals surface area contributed by atoms with Gasteiger partial charge in [-0.3, -0.25) is 0 Å². The summed E-state index contributed by atoms with van der Waals surface area (Å²) < 4.78 is 5.76. The Morgan fingerprint density at radius 3 is 2.39 bits per heavy atom. The van der Waals surface area contributed by atoms with Crippen LogP contribution in [0.2, 0.25) is 0 Å². The van der Waals surface area contributed by atoms with Gasteiger partial charge in [0, 0.05) is 5.54 Å². The molecular weight excluding hydrogens is 350 g/mol. The molecule has 1 rings (SSSR count). The van der Waals surface area contributed by atoms with Crippen molar-refractivity contribution in [3.63, 3.8) is 0 Å². The number of benzene rings is 1. The maximum atomic E-state index is 10.2. The van der Waals surface area contributed by atoms with Gasteiger partial charge in [0.1, 0.15) is 0 Å². The maximum absolute atomic E-state index is 10.2. The molecule has 0 heterocycles. The molecule has 28 heavy (non-hydrogen) atoms. The Hall–Kier alpha value is -1.26. The summed E-state index contributed by atoms with van der Waals surface area (Å²) in [6.45, 7) is 9.52. The SMILES string of the molecule is CCC(N)(CO)CCc1ccc(OCCCCC(C)CCCC(C)C)c(O)c1. The van der Waals surface area contributed by atoms with Crippen molar-refractivity contribution in [2.45, 2.75) is 91.0 Å². The Labute approximate surface area is 172 Å². The molecule has 0 bridgehead atoms. The molecule has 1 aromatic carbocycles. The molecule has 4 N–H and O–H groups in total. The molecule has 0 aliphatic rings. The van der Waals surface area contributed by atoms with Gasteiger partial charge in [-0.25, -0.2) is 0 Å². The molecule has 0 aliphatic heterocycles. The van der Waals surface area contributed by atoms with Crippen LogP contribution in [0.1, 0.15) is 84.6 Å². The highest BCUT2D eigenvalue weighted by molar-refractivity contribution is 5.41. The summed E-state index contributed by atoms with van der Waals surface area (Å²) in [5, 5.41) is 19.6. The summed E-state index contributed by atoms with van der Waals surface area (Å²) >= 11 is 0. The van der Waals surface area contributed by atoms with Crippen LogP contribution in [-0.4, -0.2) is 29.0 Å². The standard InChI is InChI=1S/C24H43NO3/c1-5-24(25,18-26)15-14-21-12-13-23(22(27)17-21)28-16-7-6-10-20(4)11-8-9-19(2)3/h12-13,17,19-20,26-27H,5-11,14-16,18,25H2,1-4H3. The van der Waals surface area contributed by atoms with E-state index in [0.29, 0.717) is 18.8 Å². The Morgan fingerprint density at radius 2 is 1.79 bits per heavy atom. The van der Waals surface area contributed by atoms with Gasteiger partial charge in [0.2, 0.25) is 0 Å². The lowest BCUT2D eigenvalue weighted by Gasteiger charge is -2.25. The summed E-state index contributed by atoms with van der Waals surface area (Å²) in [6.07, 6.45) is 9.55. The summed E-state index contributed by atoms with van der Waals surface area (Å²) in [5.74, 6) is 2.31. The Bertz CT molecular complexity index is 541. The van der Waals surface area contributed by atoms with Gasteiger partial charge in [0.05, 0.1) is 13.2 Å². The third-order valence-electron chi connectivity index (χ3n) is 5.78. The fourth-order valence-corrected chi connectivity index (χ4v) is 3.40. The third kappa shape index (κ3) is 9.79. The van der Waals surface area contributed by atoms with Crippen LogP contribution in [0.15, 0.2) is 18.2 Å². The van der Waals surface area contributed by atoms with Crippen molar-refractivity contribution >= 4 is 0 Å². The van der Waals surface area contributed by atoms with Crippen molar-refractivity contribution in [1.82, 2.24) is 0 Å². The number of hydrogen-bond acceptors (Lipinski definition) is 4. The van der Waals surface area contributed by atoms with E-state index in [0.717, 1.165) is 36.7 Å². The minimum absolute atomic E-state index is 0.0208. The normalized spacial score (nSPS) is 14.8. The first kappa shape index (κ1) is 24.8. The number of hydrogen-bond donors (Lipinski definition) is 3. The summed E-state index contributed by atoms with van der Waals surface area (Å²) in [4.78, 5) is 0. The van der Waals surface area contributed by atoms with Crippen molar-refractivity contribution in [3.05, 3.63) is 23.8 Å². The fourth-order valence-electron chi connectivity index (χ4n) is 3.40. The predicted molar refractivity (Wildman–Crippen MR) is 118 cm³/mol. The third-order valence-corrected chi connectivity index (χ3v) is 5.78. The molecule has 0 aromatic heterocycles. The lowest BCUT2D eigenvalue weighted by Crippen LogP contribution is -2.43. The summed E-state index contributed by atoms with van der Waals surface area (Å²) in [6, 6.07) is 5.56. The number of aryl methyl sites for hydroxylation is 1. The second-order valence-electron chi connectivity index (χ2n) is 8.95. The highest BCUT2D eigenvalue weighted by Crippen LogP contribution is 2.28. The zero-order valence-electron chi connectivity index (χ0n) is 18.5. The van der Waals surface area contributed by atoms with E-state index in [9.17, 15) is 10.2 Å². The minimum Gasteiger partial charge on any atom is -0.504 e. The minimum atomic E-state index is -0.545. The van der Waals surface area contributed by atoms with E-state index in [1.54, 1.807) is 6.07 Å². The average molecular weight is 394 g/mol.